The summed E-state index contributed by atoms with van der Waals surface area (Å²) in [6.07, 6.45) is 3.75. The molecule has 3 heteroatoms. The summed E-state index contributed by atoms with van der Waals surface area (Å²) in [5.74, 6) is -0.701. The fraction of sp³-hybridized carbons (Fsp3) is 0.778. The molecule has 3 aliphatic rings. The van der Waals surface area contributed by atoms with Crippen molar-refractivity contribution in [1.29, 1.82) is 5.26 Å². The fourth-order valence-electron chi connectivity index (χ4n) is 2.76. The van der Waals surface area contributed by atoms with Crippen molar-refractivity contribution in [2.75, 3.05) is 0 Å². The van der Waals surface area contributed by atoms with Gasteiger partial charge in [-0.15, -0.1) is 0 Å². The maximum atomic E-state index is 10.9. The Hall–Kier alpha value is -1.04. The molecular formula is C9H11NO2. The number of nitriles is 1. The van der Waals surface area contributed by atoms with Gasteiger partial charge in [0.1, 0.15) is 0 Å². The van der Waals surface area contributed by atoms with Crippen molar-refractivity contribution >= 4 is 5.97 Å². The number of hydrogen-bond donors (Lipinski definition) is 1. The van der Waals surface area contributed by atoms with E-state index in [1.807, 2.05) is 0 Å². The Bertz CT molecular complexity index is 271. The van der Waals surface area contributed by atoms with E-state index in [9.17, 15) is 4.79 Å². The molecule has 0 amide bonds. The van der Waals surface area contributed by atoms with Crippen molar-refractivity contribution in [1.82, 2.24) is 0 Å². The summed E-state index contributed by atoms with van der Waals surface area (Å²) in [5, 5.41) is 17.8. The highest BCUT2D eigenvalue weighted by Gasteiger charge is 2.61. The Balaban J connectivity index is 2.20. The van der Waals surface area contributed by atoms with E-state index in [0.717, 1.165) is 19.3 Å². The number of carbonyl (C=O) groups is 1. The summed E-state index contributed by atoms with van der Waals surface area (Å²) in [5.41, 5.74) is -0.787. The third-order valence-electron chi connectivity index (χ3n) is 3.36. The number of carboxylic acids is 1. The zero-order valence-electron chi connectivity index (χ0n) is 6.84. The molecule has 0 atom stereocenters. The molecule has 0 radical (unpaired) electrons. The largest absolute Gasteiger partial charge is 0.481 e. The Morgan fingerprint density at radius 3 is 2.58 bits per heavy atom. The summed E-state index contributed by atoms with van der Waals surface area (Å²) < 4.78 is 0. The topological polar surface area (TPSA) is 61.1 Å². The molecule has 12 heavy (non-hydrogen) atoms. The minimum absolute atomic E-state index is 0.267. The average Bonchev–Trinajstić information content (AvgIpc) is 2.03. The molecule has 0 aliphatic heterocycles. The Morgan fingerprint density at radius 2 is 2.08 bits per heavy atom. The lowest BCUT2D eigenvalue weighted by molar-refractivity contribution is -0.169. The summed E-state index contributed by atoms with van der Waals surface area (Å²) in [6, 6.07) is 2.26. The standard InChI is InChI=1S/C9H11NO2/c10-6-8-2-1-3-9(4-8,5-8)7(11)12/h1-5H2,(H,11,12). The van der Waals surface area contributed by atoms with Crippen LogP contribution in [-0.2, 0) is 4.79 Å². The second kappa shape index (κ2) is 2.01. The van der Waals surface area contributed by atoms with E-state index in [4.69, 9.17) is 10.4 Å². The van der Waals surface area contributed by atoms with E-state index < -0.39 is 11.4 Å². The van der Waals surface area contributed by atoms with E-state index in [0.29, 0.717) is 12.8 Å². The van der Waals surface area contributed by atoms with Crippen LogP contribution >= 0.6 is 0 Å². The first-order chi connectivity index (χ1) is 5.63. The smallest absolute Gasteiger partial charge is 0.309 e. The summed E-state index contributed by atoms with van der Waals surface area (Å²) in [6.45, 7) is 0. The highest BCUT2D eigenvalue weighted by atomic mass is 16.4. The normalized spacial score (nSPS) is 44.2. The fourth-order valence-corrected chi connectivity index (χ4v) is 2.76. The zero-order chi connectivity index (χ0) is 8.82. The van der Waals surface area contributed by atoms with E-state index in [-0.39, 0.29) is 5.41 Å². The molecule has 0 saturated heterocycles. The monoisotopic (exact) mass is 165 g/mol. The van der Waals surface area contributed by atoms with Gasteiger partial charge in [-0.25, -0.2) is 0 Å². The minimum atomic E-state index is -0.701. The molecular weight excluding hydrogens is 154 g/mol. The highest BCUT2D eigenvalue weighted by molar-refractivity contribution is 5.77. The molecule has 0 spiro atoms. The third-order valence-corrected chi connectivity index (χ3v) is 3.36. The molecule has 3 saturated carbocycles. The van der Waals surface area contributed by atoms with Crippen LogP contribution in [0.3, 0.4) is 0 Å². The third kappa shape index (κ3) is 0.726. The van der Waals surface area contributed by atoms with Crippen molar-refractivity contribution in [2.24, 2.45) is 10.8 Å². The van der Waals surface area contributed by atoms with Crippen LogP contribution in [0.25, 0.3) is 0 Å². The molecule has 1 N–H and O–H groups in total. The number of hydrogen-bond acceptors (Lipinski definition) is 2. The maximum Gasteiger partial charge on any atom is 0.309 e. The lowest BCUT2D eigenvalue weighted by atomic mass is 9.46. The predicted molar refractivity (Wildman–Crippen MR) is 41.2 cm³/mol. The van der Waals surface area contributed by atoms with Crippen LogP contribution < -0.4 is 0 Å². The molecule has 0 aromatic carbocycles. The van der Waals surface area contributed by atoms with Gasteiger partial charge in [-0.2, -0.15) is 5.26 Å². The van der Waals surface area contributed by atoms with Gasteiger partial charge < -0.3 is 5.11 Å². The first kappa shape index (κ1) is 7.60. The van der Waals surface area contributed by atoms with Gasteiger partial charge in [0.25, 0.3) is 0 Å². The molecule has 0 aromatic heterocycles. The van der Waals surface area contributed by atoms with Crippen LogP contribution in [0.2, 0.25) is 0 Å². The van der Waals surface area contributed by atoms with E-state index in [1.165, 1.54) is 0 Å². The van der Waals surface area contributed by atoms with Gasteiger partial charge in [-0.1, -0.05) is 6.42 Å². The Kier molecular flexibility index (Phi) is 1.27. The van der Waals surface area contributed by atoms with Crippen molar-refractivity contribution in [3.8, 4) is 6.07 Å². The Labute approximate surface area is 71.0 Å². The van der Waals surface area contributed by atoms with E-state index in [2.05, 4.69) is 6.07 Å². The van der Waals surface area contributed by atoms with E-state index in [1.54, 1.807) is 0 Å². The summed E-state index contributed by atoms with van der Waals surface area (Å²) in [4.78, 5) is 10.9. The molecule has 3 nitrogen and oxygen atoms in total. The molecule has 0 unspecified atom stereocenters. The van der Waals surface area contributed by atoms with Gasteiger partial charge in [0, 0.05) is 0 Å². The van der Waals surface area contributed by atoms with Crippen LogP contribution in [0.1, 0.15) is 32.1 Å². The van der Waals surface area contributed by atoms with Gasteiger partial charge >= 0.3 is 5.97 Å². The number of nitrogens with zero attached hydrogens (tertiary/aromatic N) is 1. The van der Waals surface area contributed by atoms with Crippen molar-refractivity contribution in [2.45, 2.75) is 32.1 Å². The van der Waals surface area contributed by atoms with Gasteiger partial charge in [0.15, 0.2) is 0 Å². The van der Waals surface area contributed by atoms with Crippen molar-refractivity contribution in [3.63, 3.8) is 0 Å². The maximum absolute atomic E-state index is 10.9. The number of rotatable bonds is 1. The van der Waals surface area contributed by atoms with Crippen LogP contribution in [-0.4, -0.2) is 11.1 Å². The molecule has 2 bridgehead atoms. The zero-order valence-corrected chi connectivity index (χ0v) is 6.84. The summed E-state index contributed by atoms with van der Waals surface area (Å²) >= 11 is 0. The summed E-state index contributed by atoms with van der Waals surface area (Å²) in [7, 11) is 0. The lowest BCUT2D eigenvalue weighted by Crippen LogP contribution is -2.53. The second-order valence-corrected chi connectivity index (χ2v) is 4.18. The van der Waals surface area contributed by atoms with Crippen molar-refractivity contribution in [3.05, 3.63) is 0 Å². The van der Waals surface area contributed by atoms with Gasteiger partial charge in [0.05, 0.1) is 16.9 Å². The van der Waals surface area contributed by atoms with Crippen molar-refractivity contribution < 1.29 is 9.90 Å². The van der Waals surface area contributed by atoms with Gasteiger partial charge in [0.2, 0.25) is 0 Å². The molecule has 64 valence electrons. The molecule has 0 aromatic rings. The molecule has 3 aliphatic carbocycles. The number of carboxylic acid groups (broad SMARTS) is 1. The van der Waals surface area contributed by atoms with E-state index >= 15 is 0 Å². The Morgan fingerprint density at radius 1 is 1.42 bits per heavy atom. The van der Waals surface area contributed by atoms with Crippen LogP contribution in [0.4, 0.5) is 0 Å². The lowest BCUT2D eigenvalue weighted by Gasteiger charge is -2.54. The highest BCUT2D eigenvalue weighted by Crippen LogP contribution is 2.63. The quantitative estimate of drug-likeness (QED) is 0.641. The SMILES string of the molecule is N#CC12CCCC(C(=O)O)(C1)C2. The average molecular weight is 165 g/mol. The van der Waals surface area contributed by atoms with Gasteiger partial charge in [-0.05, 0) is 25.7 Å². The molecule has 0 heterocycles. The molecule has 3 rings (SSSR count). The first-order valence-corrected chi connectivity index (χ1v) is 4.27. The van der Waals surface area contributed by atoms with Crippen LogP contribution in [0, 0.1) is 22.2 Å². The predicted octanol–water partition coefficient (Wildman–Crippen LogP) is 1.55. The molecule has 3 fully saturated rings. The van der Waals surface area contributed by atoms with Crippen LogP contribution in [0.5, 0.6) is 0 Å². The van der Waals surface area contributed by atoms with Gasteiger partial charge in [-0.3, -0.25) is 4.79 Å². The number of aliphatic carboxylic acids is 1. The second-order valence-electron chi connectivity index (χ2n) is 4.18. The first-order valence-electron chi connectivity index (χ1n) is 4.27. The number of fused-ring (bicyclic) bond motifs is 2. The van der Waals surface area contributed by atoms with Crippen LogP contribution in [0.15, 0.2) is 0 Å². The minimum Gasteiger partial charge on any atom is -0.481 e.